The third-order valence-electron chi connectivity index (χ3n) is 13.7. The highest BCUT2D eigenvalue weighted by molar-refractivity contribution is 5.71. The van der Waals surface area contributed by atoms with E-state index in [1.54, 1.807) is 0 Å². The molecule has 2 atom stereocenters. The van der Waals surface area contributed by atoms with Crippen LogP contribution in [0.5, 0.6) is 0 Å². The number of quaternary nitrogens is 1. The Hall–Kier alpha value is -3.53. The first-order chi connectivity index (χ1) is 37.6. The van der Waals surface area contributed by atoms with Gasteiger partial charge in [-0.25, -0.2) is 4.79 Å². The molecule has 0 radical (unpaired) electrons. The van der Waals surface area contributed by atoms with Gasteiger partial charge in [-0.2, -0.15) is 0 Å². The topological polar surface area (TPSA) is 108 Å². The predicted octanol–water partition coefficient (Wildman–Crippen LogP) is 19.1. The lowest BCUT2D eigenvalue weighted by atomic mass is 10.0. The minimum Gasteiger partial charge on any atom is -0.477 e. The van der Waals surface area contributed by atoms with E-state index < -0.39 is 24.3 Å². The van der Waals surface area contributed by atoms with Crippen LogP contribution in [0.4, 0.5) is 0 Å². The molecule has 0 aromatic rings. The van der Waals surface area contributed by atoms with Gasteiger partial charge in [0.2, 0.25) is 0 Å². The van der Waals surface area contributed by atoms with Crippen LogP contribution in [-0.4, -0.2) is 87.4 Å². The molecule has 9 heteroatoms. The van der Waals surface area contributed by atoms with E-state index in [0.29, 0.717) is 23.9 Å². The van der Waals surface area contributed by atoms with Crippen molar-refractivity contribution in [2.24, 2.45) is 0 Å². The lowest BCUT2D eigenvalue weighted by Crippen LogP contribution is -2.40. The maximum atomic E-state index is 12.9. The smallest absolute Gasteiger partial charge is 0.361 e. The molecular weight excluding hydrogens is 959 g/mol. The number of ether oxygens (including phenoxy) is 4. The van der Waals surface area contributed by atoms with Gasteiger partial charge >= 0.3 is 17.9 Å². The van der Waals surface area contributed by atoms with E-state index in [4.69, 9.17) is 18.9 Å². The molecule has 1 N–H and O–H groups in total. The third-order valence-corrected chi connectivity index (χ3v) is 13.7. The molecule has 444 valence electrons. The van der Waals surface area contributed by atoms with Gasteiger partial charge in [0.15, 0.2) is 6.10 Å². The molecule has 0 bridgehead atoms. The van der Waals surface area contributed by atoms with E-state index >= 15 is 0 Å². The SMILES string of the molecule is CC/C=C\C/C=C\C/C=C\C/C=C\C/C=C\C/C=C\C/C=C\CCCCCC(=O)OC(COC(=O)CCCCCCCCCCCCCCCCCCCCCCCCCCCCC)COC(OCC[N+](C)(C)C)C(=O)O. The second-order valence-corrected chi connectivity index (χ2v) is 22.3. The Kier molecular flexibility index (Phi) is 55.9. The van der Waals surface area contributed by atoms with Crippen LogP contribution < -0.4 is 0 Å². The van der Waals surface area contributed by atoms with Crippen molar-refractivity contribution < 1.29 is 42.9 Å². The van der Waals surface area contributed by atoms with Gasteiger partial charge < -0.3 is 28.5 Å². The summed E-state index contributed by atoms with van der Waals surface area (Å²) in [5.74, 6) is -2.05. The molecule has 0 aliphatic heterocycles. The first-order valence-electron chi connectivity index (χ1n) is 31.8. The zero-order chi connectivity index (χ0) is 56.2. The largest absolute Gasteiger partial charge is 0.477 e. The van der Waals surface area contributed by atoms with Crippen molar-refractivity contribution in [1.29, 1.82) is 0 Å². The Bertz CT molecular complexity index is 1540. The maximum absolute atomic E-state index is 12.9. The third kappa shape index (κ3) is 60.0. The van der Waals surface area contributed by atoms with Crippen molar-refractivity contribution in [3.8, 4) is 0 Å². The lowest BCUT2D eigenvalue weighted by molar-refractivity contribution is -0.870. The molecule has 0 saturated heterocycles. The standard InChI is InChI=1S/C68H119NO8/c1-6-8-10-12-14-16-18-20-22-24-26-28-30-32-33-35-36-38-40-42-44-46-48-50-52-54-56-58-65(70)75-62-64(63-76-68(67(72)73)74-61-60-69(3,4)5)77-66(71)59-57-55-53-51-49-47-45-43-41-39-37-34-31-29-27-25-23-21-19-17-15-13-11-9-7-2/h9,11,15,17,21,23,27,29,34,37,41,43,47,49,64,68H,6-8,10,12-14,16,18-20,22,24-26,28,30-33,35-36,38-40,42,44-46,48,50-63H2,1-5H3/p+1/b11-9-,17-15-,23-21-,29-27-,37-34-,43-41-,49-47-. The summed E-state index contributed by atoms with van der Waals surface area (Å²) in [6, 6.07) is 0. The normalized spacial score (nSPS) is 13.3. The number of hydrogen-bond acceptors (Lipinski definition) is 7. The number of carbonyl (C=O) groups is 3. The maximum Gasteiger partial charge on any atom is 0.361 e. The molecule has 0 aromatic carbocycles. The van der Waals surface area contributed by atoms with Crippen molar-refractivity contribution in [3.05, 3.63) is 85.1 Å². The molecule has 0 heterocycles. The van der Waals surface area contributed by atoms with E-state index in [-0.39, 0.29) is 32.2 Å². The van der Waals surface area contributed by atoms with E-state index in [2.05, 4.69) is 98.9 Å². The fourth-order valence-electron chi connectivity index (χ4n) is 8.82. The number of hydrogen-bond donors (Lipinski definition) is 1. The van der Waals surface area contributed by atoms with Gasteiger partial charge in [0.1, 0.15) is 13.2 Å². The predicted molar refractivity (Wildman–Crippen MR) is 327 cm³/mol. The van der Waals surface area contributed by atoms with Gasteiger partial charge in [-0.15, -0.1) is 0 Å². The van der Waals surface area contributed by atoms with Crippen molar-refractivity contribution in [2.75, 3.05) is 47.5 Å². The molecule has 2 unspecified atom stereocenters. The average molecular weight is 1080 g/mol. The Labute approximate surface area is 474 Å². The number of carboxylic acids is 1. The van der Waals surface area contributed by atoms with Crippen LogP contribution in [0.2, 0.25) is 0 Å². The van der Waals surface area contributed by atoms with Gasteiger partial charge in [-0.1, -0.05) is 272 Å². The molecule has 0 aliphatic carbocycles. The molecule has 0 saturated carbocycles. The van der Waals surface area contributed by atoms with Gasteiger partial charge in [0, 0.05) is 12.8 Å². The number of unbranched alkanes of at least 4 members (excludes halogenated alkanes) is 29. The first-order valence-corrected chi connectivity index (χ1v) is 31.8. The molecule has 77 heavy (non-hydrogen) atoms. The van der Waals surface area contributed by atoms with Crippen LogP contribution in [0.15, 0.2) is 85.1 Å². The molecule has 0 spiro atoms. The highest BCUT2D eigenvalue weighted by atomic mass is 16.7. The number of esters is 2. The number of nitrogens with zero attached hydrogens (tertiary/aromatic N) is 1. The van der Waals surface area contributed by atoms with Crippen LogP contribution in [0.1, 0.15) is 271 Å². The second-order valence-electron chi connectivity index (χ2n) is 22.3. The zero-order valence-corrected chi connectivity index (χ0v) is 50.6. The van der Waals surface area contributed by atoms with Crippen LogP contribution >= 0.6 is 0 Å². The van der Waals surface area contributed by atoms with Crippen LogP contribution in [-0.2, 0) is 33.3 Å². The number of carbonyl (C=O) groups excluding carboxylic acids is 2. The van der Waals surface area contributed by atoms with Crippen LogP contribution in [0, 0.1) is 0 Å². The van der Waals surface area contributed by atoms with Crippen molar-refractivity contribution >= 4 is 17.9 Å². The van der Waals surface area contributed by atoms with Crippen LogP contribution in [0.3, 0.4) is 0 Å². The molecule has 0 aromatic heterocycles. The zero-order valence-electron chi connectivity index (χ0n) is 50.6. The summed E-state index contributed by atoms with van der Waals surface area (Å²) in [7, 11) is 5.96. The summed E-state index contributed by atoms with van der Waals surface area (Å²) in [6.07, 6.45) is 75.4. The van der Waals surface area contributed by atoms with Gasteiger partial charge in [-0.3, -0.25) is 9.59 Å². The fraction of sp³-hybridized carbons (Fsp3) is 0.750. The minimum atomic E-state index is -1.52. The molecule has 9 nitrogen and oxygen atoms in total. The Balaban J connectivity index is 4.24. The monoisotopic (exact) mass is 1080 g/mol. The summed E-state index contributed by atoms with van der Waals surface area (Å²) in [5, 5.41) is 9.72. The quantitative estimate of drug-likeness (QED) is 0.0211. The number of likely N-dealkylation sites (N-methyl/N-ethyl adjacent to an activating group) is 1. The molecular formula is C68H120NO8+. The number of rotatable bonds is 58. The van der Waals surface area contributed by atoms with E-state index in [1.807, 2.05) is 21.1 Å². The number of allylic oxidation sites excluding steroid dienone is 14. The number of aliphatic carboxylic acids is 1. The van der Waals surface area contributed by atoms with E-state index in [1.165, 1.54) is 154 Å². The summed E-state index contributed by atoms with van der Waals surface area (Å²) < 4.78 is 22.9. The number of carboxylic acid groups (broad SMARTS) is 1. The Morgan fingerprint density at radius 3 is 1.10 bits per heavy atom. The van der Waals surface area contributed by atoms with Crippen molar-refractivity contribution in [2.45, 2.75) is 283 Å². The summed E-state index contributed by atoms with van der Waals surface area (Å²) in [5.41, 5.74) is 0. The van der Waals surface area contributed by atoms with Crippen LogP contribution in [0.25, 0.3) is 0 Å². The molecule has 0 fully saturated rings. The van der Waals surface area contributed by atoms with Gasteiger partial charge in [-0.05, 0) is 70.6 Å². The lowest BCUT2D eigenvalue weighted by Gasteiger charge is -2.25. The van der Waals surface area contributed by atoms with Crippen molar-refractivity contribution in [3.63, 3.8) is 0 Å². The second kappa shape index (κ2) is 58.6. The summed E-state index contributed by atoms with van der Waals surface area (Å²) in [4.78, 5) is 37.5. The summed E-state index contributed by atoms with van der Waals surface area (Å²) >= 11 is 0. The van der Waals surface area contributed by atoms with Crippen molar-refractivity contribution in [1.82, 2.24) is 0 Å². The van der Waals surface area contributed by atoms with Gasteiger partial charge in [0.25, 0.3) is 6.29 Å². The minimum absolute atomic E-state index is 0.178. The molecule has 0 aliphatic rings. The Morgan fingerprint density at radius 2 is 0.740 bits per heavy atom. The van der Waals surface area contributed by atoms with E-state index in [0.717, 1.165) is 83.5 Å². The highest BCUT2D eigenvalue weighted by Crippen LogP contribution is 2.17. The Morgan fingerprint density at radius 1 is 0.403 bits per heavy atom. The van der Waals surface area contributed by atoms with E-state index in [9.17, 15) is 19.5 Å². The fourth-order valence-corrected chi connectivity index (χ4v) is 8.82. The average Bonchev–Trinajstić information content (AvgIpc) is 3.40. The first kappa shape index (κ1) is 73.5. The highest BCUT2D eigenvalue weighted by Gasteiger charge is 2.25. The summed E-state index contributed by atoms with van der Waals surface area (Å²) in [6.45, 7) is 4.75. The molecule has 0 amide bonds. The molecule has 0 rings (SSSR count). The van der Waals surface area contributed by atoms with Gasteiger partial charge in [0.05, 0.1) is 34.4 Å².